The minimum Gasteiger partial charge on any atom is -0.458 e. The van der Waals surface area contributed by atoms with Crippen LogP contribution in [0.1, 0.15) is 56.8 Å². The highest BCUT2D eigenvalue weighted by molar-refractivity contribution is 6.08. The smallest absolute Gasteiger partial charge is 0.324 e. The molecule has 138 valence electrons. The zero-order valence-electron chi connectivity index (χ0n) is 15.4. The van der Waals surface area contributed by atoms with E-state index in [0.717, 1.165) is 12.8 Å². The number of cyclic esters (lactones) is 1. The summed E-state index contributed by atoms with van der Waals surface area (Å²) in [5.74, 6) is -1.61. The van der Waals surface area contributed by atoms with E-state index in [-0.39, 0.29) is 24.0 Å². The third-order valence-corrected chi connectivity index (χ3v) is 6.61. The number of fused-ring (bicyclic) bond motifs is 1. The monoisotopic (exact) mass is 356 g/mol. The number of hydrogen-bond acceptors (Lipinski definition) is 5. The Hall–Kier alpha value is -2.17. The summed E-state index contributed by atoms with van der Waals surface area (Å²) in [7, 11) is 0. The van der Waals surface area contributed by atoms with E-state index < -0.39 is 28.6 Å². The van der Waals surface area contributed by atoms with Crippen LogP contribution in [0.4, 0.5) is 0 Å². The van der Waals surface area contributed by atoms with Crippen LogP contribution >= 0.6 is 0 Å². The molecule has 0 aromatic heterocycles. The summed E-state index contributed by atoms with van der Waals surface area (Å²) < 4.78 is 11.4. The second kappa shape index (κ2) is 5.41. The quantitative estimate of drug-likeness (QED) is 0.472. The maximum Gasteiger partial charge on any atom is 0.324 e. The summed E-state index contributed by atoms with van der Waals surface area (Å²) in [6.07, 6.45) is 1.98. The van der Waals surface area contributed by atoms with Gasteiger partial charge in [0.25, 0.3) is 0 Å². The normalized spacial score (nSPS) is 37.5. The van der Waals surface area contributed by atoms with E-state index in [9.17, 15) is 14.4 Å². The Balaban J connectivity index is 1.77. The topological polar surface area (TPSA) is 69.7 Å². The maximum atomic E-state index is 13.1. The van der Waals surface area contributed by atoms with Crippen LogP contribution in [0.3, 0.4) is 0 Å². The molecule has 5 heteroatoms. The number of ether oxygens (including phenoxy) is 2. The Kier molecular flexibility index (Phi) is 3.59. The molecule has 26 heavy (non-hydrogen) atoms. The zero-order valence-corrected chi connectivity index (χ0v) is 15.4. The number of ketones is 1. The molecule has 1 saturated carbocycles. The van der Waals surface area contributed by atoms with Crippen LogP contribution < -0.4 is 0 Å². The van der Waals surface area contributed by atoms with Crippen molar-refractivity contribution in [3.63, 3.8) is 0 Å². The van der Waals surface area contributed by atoms with E-state index in [1.165, 1.54) is 0 Å². The molecule has 1 aromatic carbocycles. The molecule has 2 saturated heterocycles. The van der Waals surface area contributed by atoms with Gasteiger partial charge in [-0.1, -0.05) is 30.3 Å². The van der Waals surface area contributed by atoms with Crippen LogP contribution in [0.5, 0.6) is 0 Å². The summed E-state index contributed by atoms with van der Waals surface area (Å²) in [4.78, 5) is 39.0. The second-order valence-corrected chi connectivity index (χ2v) is 8.73. The lowest BCUT2D eigenvalue weighted by Gasteiger charge is -2.59. The van der Waals surface area contributed by atoms with Gasteiger partial charge in [-0.25, -0.2) is 0 Å². The lowest BCUT2D eigenvalue weighted by atomic mass is 9.52. The van der Waals surface area contributed by atoms with Crippen molar-refractivity contribution < 1.29 is 23.9 Å². The Morgan fingerprint density at radius 1 is 1.04 bits per heavy atom. The van der Waals surface area contributed by atoms with Gasteiger partial charge in [-0.05, 0) is 46.0 Å². The summed E-state index contributed by atoms with van der Waals surface area (Å²) in [5, 5.41) is 0. The molecule has 2 aliphatic heterocycles. The summed E-state index contributed by atoms with van der Waals surface area (Å²) in [6, 6.07) is 8.77. The highest BCUT2D eigenvalue weighted by Crippen LogP contribution is 2.60. The summed E-state index contributed by atoms with van der Waals surface area (Å²) in [6.45, 7) is 5.74. The van der Waals surface area contributed by atoms with Gasteiger partial charge in [0.15, 0.2) is 11.2 Å². The van der Waals surface area contributed by atoms with Crippen LogP contribution in [-0.2, 0) is 19.1 Å². The number of rotatable bonds is 3. The van der Waals surface area contributed by atoms with Crippen LogP contribution in [0.25, 0.3) is 0 Å². The molecule has 3 fully saturated rings. The van der Waals surface area contributed by atoms with E-state index >= 15 is 0 Å². The molecule has 1 aliphatic carbocycles. The second-order valence-electron chi connectivity index (χ2n) is 8.73. The van der Waals surface area contributed by atoms with Gasteiger partial charge < -0.3 is 9.47 Å². The van der Waals surface area contributed by atoms with Crippen LogP contribution in [0.2, 0.25) is 0 Å². The van der Waals surface area contributed by atoms with Crippen molar-refractivity contribution in [2.45, 2.75) is 57.7 Å². The van der Waals surface area contributed by atoms with Crippen LogP contribution in [-0.4, -0.2) is 28.9 Å². The number of carbonyl (C=O) groups is 3. The number of carbonyl (C=O) groups excluding carboxylic acids is 3. The van der Waals surface area contributed by atoms with Crippen molar-refractivity contribution in [2.24, 2.45) is 17.3 Å². The maximum absolute atomic E-state index is 13.1. The van der Waals surface area contributed by atoms with Gasteiger partial charge in [0, 0.05) is 17.9 Å². The Morgan fingerprint density at radius 2 is 1.69 bits per heavy atom. The third kappa shape index (κ3) is 2.32. The molecule has 0 amide bonds. The molecule has 2 heterocycles. The fourth-order valence-electron chi connectivity index (χ4n) is 5.18. The first-order chi connectivity index (χ1) is 12.2. The van der Waals surface area contributed by atoms with Gasteiger partial charge in [0.1, 0.15) is 11.2 Å². The van der Waals surface area contributed by atoms with Gasteiger partial charge >= 0.3 is 11.9 Å². The van der Waals surface area contributed by atoms with Crippen molar-refractivity contribution in [1.82, 2.24) is 0 Å². The minimum absolute atomic E-state index is 0.0460. The highest BCUT2D eigenvalue weighted by Gasteiger charge is 2.70. The molecule has 4 rings (SSSR count). The SMILES string of the molecule is CC1(C)OC(=O)[C@@]2(CC(=O)c3ccccc3)C(=O)O[C@]3(C)CC[C@@H]1[C@H]2C3. The number of esters is 2. The first kappa shape index (κ1) is 17.3. The molecule has 2 bridgehead atoms. The lowest BCUT2D eigenvalue weighted by Crippen LogP contribution is -2.68. The van der Waals surface area contributed by atoms with Crippen molar-refractivity contribution in [1.29, 1.82) is 0 Å². The molecular formula is C21H24O5. The van der Waals surface area contributed by atoms with Gasteiger partial charge in [0.2, 0.25) is 0 Å². The fraction of sp³-hybridized carbons (Fsp3) is 0.571. The molecule has 0 spiro atoms. The fourth-order valence-corrected chi connectivity index (χ4v) is 5.18. The Bertz CT molecular complexity index is 773. The molecular weight excluding hydrogens is 332 g/mol. The van der Waals surface area contributed by atoms with Gasteiger partial charge in [-0.15, -0.1) is 0 Å². The van der Waals surface area contributed by atoms with E-state index in [1.807, 2.05) is 26.8 Å². The van der Waals surface area contributed by atoms with E-state index in [0.29, 0.717) is 12.0 Å². The number of Topliss-reactive ketones (excluding diaryl/α,β-unsaturated/α-hetero) is 1. The number of hydrogen-bond donors (Lipinski definition) is 0. The molecule has 5 nitrogen and oxygen atoms in total. The van der Waals surface area contributed by atoms with Crippen molar-refractivity contribution in [3.8, 4) is 0 Å². The minimum atomic E-state index is -1.52. The predicted molar refractivity (Wildman–Crippen MR) is 93.3 cm³/mol. The van der Waals surface area contributed by atoms with Crippen molar-refractivity contribution >= 4 is 17.7 Å². The first-order valence-electron chi connectivity index (χ1n) is 9.23. The number of benzene rings is 1. The van der Waals surface area contributed by atoms with Crippen molar-refractivity contribution in [2.75, 3.05) is 0 Å². The summed E-state index contributed by atoms with van der Waals surface area (Å²) >= 11 is 0. The van der Waals surface area contributed by atoms with E-state index in [4.69, 9.17) is 9.47 Å². The molecule has 0 radical (unpaired) electrons. The van der Waals surface area contributed by atoms with Crippen molar-refractivity contribution in [3.05, 3.63) is 35.9 Å². The molecule has 0 N–H and O–H groups in total. The molecule has 0 unspecified atom stereocenters. The largest absolute Gasteiger partial charge is 0.458 e. The standard InChI is InChI=1S/C21H24O5/c1-19(2)14-9-10-20(3)11-15(14)21(17(23)25-19,18(24)26-20)12-16(22)13-7-5-4-6-8-13/h4-8,14-15H,9-12H2,1-3H3/t14-,15-,20-,21+/m1/s1. The van der Waals surface area contributed by atoms with E-state index in [1.54, 1.807) is 24.3 Å². The van der Waals surface area contributed by atoms with Gasteiger partial charge in [0.05, 0.1) is 0 Å². The van der Waals surface area contributed by atoms with Gasteiger partial charge in [-0.2, -0.15) is 0 Å². The van der Waals surface area contributed by atoms with Crippen LogP contribution in [0, 0.1) is 17.3 Å². The van der Waals surface area contributed by atoms with Crippen LogP contribution in [0.15, 0.2) is 30.3 Å². The van der Waals surface area contributed by atoms with Gasteiger partial charge in [-0.3, -0.25) is 14.4 Å². The predicted octanol–water partition coefficient (Wildman–Crippen LogP) is 3.31. The Labute approximate surface area is 153 Å². The highest BCUT2D eigenvalue weighted by atomic mass is 16.6. The molecule has 1 aromatic rings. The lowest BCUT2D eigenvalue weighted by molar-refractivity contribution is -0.249. The first-order valence-corrected chi connectivity index (χ1v) is 9.23. The third-order valence-electron chi connectivity index (χ3n) is 6.61. The zero-order chi connectivity index (χ0) is 18.7. The molecule has 3 aliphatic rings. The Morgan fingerprint density at radius 3 is 2.38 bits per heavy atom. The average Bonchev–Trinajstić information content (AvgIpc) is 2.57. The van der Waals surface area contributed by atoms with E-state index in [2.05, 4.69) is 0 Å². The molecule has 4 atom stereocenters. The average molecular weight is 356 g/mol. The summed E-state index contributed by atoms with van der Waals surface area (Å²) in [5.41, 5.74) is -2.22.